The molecule has 0 spiro atoms. The fourth-order valence-corrected chi connectivity index (χ4v) is 4.64. The Morgan fingerprint density at radius 3 is 2.62 bits per heavy atom. The minimum Gasteiger partial charge on any atom is -0.356 e. The summed E-state index contributed by atoms with van der Waals surface area (Å²) >= 11 is 0. The van der Waals surface area contributed by atoms with Gasteiger partial charge in [0, 0.05) is 31.1 Å². The number of likely N-dealkylation sites (tertiary alicyclic amines) is 1. The molecular weight excluding hydrogens is 326 g/mol. The van der Waals surface area contributed by atoms with Gasteiger partial charge in [0.1, 0.15) is 12.1 Å². The van der Waals surface area contributed by atoms with Crippen LogP contribution in [-0.4, -0.2) is 46.6 Å². The van der Waals surface area contributed by atoms with Crippen molar-refractivity contribution < 1.29 is 4.79 Å². The third-order valence-electron chi connectivity index (χ3n) is 5.99. The Hall–Kier alpha value is -2.37. The van der Waals surface area contributed by atoms with Crippen LogP contribution in [0.15, 0.2) is 30.6 Å². The van der Waals surface area contributed by atoms with Crippen LogP contribution in [-0.2, 0) is 0 Å². The summed E-state index contributed by atoms with van der Waals surface area (Å²) in [4.78, 5) is 25.1. The van der Waals surface area contributed by atoms with Crippen LogP contribution in [0.2, 0.25) is 0 Å². The average Bonchev–Trinajstić information content (AvgIpc) is 2.94. The second-order valence-corrected chi connectivity index (χ2v) is 7.49. The Morgan fingerprint density at radius 1 is 1.00 bits per heavy atom. The zero-order valence-corrected chi connectivity index (χ0v) is 15.2. The second-order valence-electron chi connectivity index (χ2n) is 7.49. The molecule has 1 atom stereocenters. The Bertz CT molecular complexity index is 766. The van der Waals surface area contributed by atoms with Crippen molar-refractivity contribution in [3.63, 3.8) is 0 Å². The van der Waals surface area contributed by atoms with Crippen LogP contribution < -0.4 is 10.6 Å². The molecule has 2 aromatic rings. The SMILES string of the molecule is NC(=O)N1CCCCCC1C1CCN(c2ncnc3ccccc23)CC1. The molecule has 3 heterocycles. The summed E-state index contributed by atoms with van der Waals surface area (Å²) in [7, 11) is 0. The topological polar surface area (TPSA) is 75.4 Å². The maximum absolute atomic E-state index is 11.9. The highest BCUT2D eigenvalue weighted by atomic mass is 16.2. The first-order valence-electron chi connectivity index (χ1n) is 9.75. The van der Waals surface area contributed by atoms with Gasteiger partial charge in [0.2, 0.25) is 0 Å². The molecule has 2 amide bonds. The number of nitrogens with two attached hydrogens (primary N) is 1. The van der Waals surface area contributed by atoms with Crippen molar-refractivity contribution in [2.75, 3.05) is 24.5 Å². The number of piperidine rings is 1. The minimum absolute atomic E-state index is 0.249. The van der Waals surface area contributed by atoms with Crippen molar-refractivity contribution >= 4 is 22.8 Å². The van der Waals surface area contributed by atoms with Gasteiger partial charge in [0.25, 0.3) is 0 Å². The van der Waals surface area contributed by atoms with Gasteiger partial charge in [-0.25, -0.2) is 14.8 Å². The lowest BCUT2D eigenvalue weighted by molar-refractivity contribution is 0.143. The lowest BCUT2D eigenvalue weighted by Gasteiger charge is -2.40. The monoisotopic (exact) mass is 353 g/mol. The van der Waals surface area contributed by atoms with E-state index in [0.717, 1.165) is 62.0 Å². The van der Waals surface area contributed by atoms with Crippen LogP contribution >= 0.6 is 0 Å². The van der Waals surface area contributed by atoms with E-state index in [0.29, 0.717) is 12.0 Å². The second kappa shape index (κ2) is 7.48. The van der Waals surface area contributed by atoms with E-state index in [9.17, 15) is 4.79 Å². The first-order chi connectivity index (χ1) is 12.7. The number of carbonyl (C=O) groups is 1. The highest BCUT2D eigenvalue weighted by Gasteiger charge is 2.33. The summed E-state index contributed by atoms with van der Waals surface area (Å²) in [5, 5.41) is 1.11. The van der Waals surface area contributed by atoms with Crippen LogP contribution in [0.4, 0.5) is 10.6 Å². The summed E-state index contributed by atoms with van der Waals surface area (Å²) in [6.07, 6.45) is 8.37. The number of hydrogen-bond acceptors (Lipinski definition) is 4. The Kier molecular flexibility index (Phi) is 4.91. The molecule has 1 aromatic heterocycles. The highest BCUT2D eigenvalue weighted by Crippen LogP contribution is 2.32. The van der Waals surface area contributed by atoms with Crippen molar-refractivity contribution in [3.8, 4) is 0 Å². The molecule has 1 unspecified atom stereocenters. The van der Waals surface area contributed by atoms with E-state index < -0.39 is 0 Å². The molecule has 4 rings (SSSR count). The summed E-state index contributed by atoms with van der Waals surface area (Å²) in [6, 6.07) is 8.23. The van der Waals surface area contributed by atoms with Gasteiger partial charge in [0.15, 0.2) is 0 Å². The van der Waals surface area contributed by atoms with E-state index in [-0.39, 0.29) is 6.03 Å². The van der Waals surface area contributed by atoms with E-state index in [2.05, 4.69) is 20.9 Å². The Balaban J connectivity index is 1.49. The summed E-state index contributed by atoms with van der Waals surface area (Å²) in [5.41, 5.74) is 6.66. The molecular formula is C20H27N5O. The first kappa shape index (κ1) is 17.1. The van der Waals surface area contributed by atoms with Crippen LogP contribution in [0, 0.1) is 5.92 Å². The number of amides is 2. The number of primary amides is 1. The van der Waals surface area contributed by atoms with Crippen LogP contribution in [0.1, 0.15) is 38.5 Å². The standard InChI is InChI=1S/C20H27N5O/c21-20(26)25-11-5-1-2-8-18(25)15-9-12-24(13-10-15)19-16-6-3-4-7-17(16)22-14-23-19/h3-4,6-7,14-15,18H,1-2,5,8-13H2,(H2,21,26). The molecule has 26 heavy (non-hydrogen) atoms. The van der Waals surface area contributed by atoms with Crippen molar-refractivity contribution in [3.05, 3.63) is 30.6 Å². The molecule has 2 N–H and O–H groups in total. The highest BCUT2D eigenvalue weighted by molar-refractivity contribution is 5.89. The van der Waals surface area contributed by atoms with Gasteiger partial charge in [-0.3, -0.25) is 0 Å². The fraction of sp³-hybridized carbons (Fsp3) is 0.550. The quantitative estimate of drug-likeness (QED) is 0.900. The third kappa shape index (κ3) is 3.32. The van der Waals surface area contributed by atoms with E-state index in [1.165, 1.54) is 12.8 Å². The van der Waals surface area contributed by atoms with Crippen molar-refractivity contribution in [1.82, 2.24) is 14.9 Å². The van der Waals surface area contributed by atoms with Gasteiger partial charge in [-0.1, -0.05) is 25.0 Å². The predicted molar refractivity (Wildman–Crippen MR) is 103 cm³/mol. The minimum atomic E-state index is -0.249. The molecule has 0 aliphatic carbocycles. The number of aromatic nitrogens is 2. The van der Waals surface area contributed by atoms with Crippen molar-refractivity contribution in [1.29, 1.82) is 0 Å². The molecule has 2 aliphatic rings. The number of urea groups is 1. The van der Waals surface area contributed by atoms with Gasteiger partial charge in [-0.2, -0.15) is 0 Å². The molecule has 2 fully saturated rings. The molecule has 0 saturated carbocycles. The fourth-order valence-electron chi connectivity index (χ4n) is 4.64. The number of anilines is 1. The lowest BCUT2D eigenvalue weighted by Crippen LogP contribution is -2.49. The Morgan fingerprint density at radius 2 is 1.81 bits per heavy atom. The third-order valence-corrected chi connectivity index (χ3v) is 5.99. The van der Waals surface area contributed by atoms with E-state index in [1.807, 2.05) is 23.1 Å². The maximum atomic E-state index is 11.9. The number of fused-ring (bicyclic) bond motifs is 1. The van der Waals surface area contributed by atoms with Crippen LogP contribution in [0.5, 0.6) is 0 Å². The van der Waals surface area contributed by atoms with Crippen LogP contribution in [0.3, 0.4) is 0 Å². The molecule has 138 valence electrons. The van der Waals surface area contributed by atoms with E-state index in [1.54, 1.807) is 6.33 Å². The number of para-hydroxylation sites is 1. The normalized spacial score (nSPS) is 22.4. The number of rotatable bonds is 2. The molecule has 2 aliphatic heterocycles. The zero-order chi connectivity index (χ0) is 17.9. The van der Waals surface area contributed by atoms with Gasteiger partial charge < -0.3 is 15.5 Å². The molecule has 1 aromatic carbocycles. The summed E-state index contributed by atoms with van der Waals surface area (Å²) in [5.74, 6) is 1.56. The molecule has 0 bridgehead atoms. The summed E-state index contributed by atoms with van der Waals surface area (Å²) < 4.78 is 0. The zero-order valence-electron chi connectivity index (χ0n) is 15.2. The largest absolute Gasteiger partial charge is 0.356 e. The number of benzene rings is 1. The predicted octanol–water partition coefficient (Wildman–Crippen LogP) is 3.17. The number of carbonyl (C=O) groups excluding carboxylic acids is 1. The van der Waals surface area contributed by atoms with Crippen molar-refractivity contribution in [2.45, 2.75) is 44.6 Å². The van der Waals surface area contributed by atoms with Gasteiger partial charge in [0.05, 0.1) is 5.52 Å². The number of nitrogens with zero attached hydrogens (tertiary/aromatic N) is 4. The van der Waals surface area contributed by atoms with Gasteiger partial charge >= 0.3 is 6.03 Å². The molecule has 0 radical (unpaired) electrons. The van der Waals surface area contributed by atoms with E-state index in [4.69, 9.17) is 5.73 Å². The summed E-state index contributed by atoms with van der Waals surface area (Å²) in [6.45, 7) is 2.75. The molecule has 6 nitrogen and oxygen atoms in total. The average molecular weight is 353 g/mol. The lowest BCUT2D eigenvalue weighted by atomic mass is 9.86. The van der Waals surface area contributed by atoms with E-state index >= 15 is 0 Å². The molecule has 2 saturated heterocycles. The van der Waals surface area contributed by atoms with Gasteiger partial charge in [-0.15, -0.1) is 0 Å². The first-order valence-corrected chi connectivity index (χ1v) is 9.75. The molecule has 6 heteroatoms. The maximum Gasteiger partial charge on any atom is 0.315 e. The van der Waals surface area contributed by atoms with Gasteiger partial charge in [-0.05, 0) is 43.7 Å². The van der Waals surface area contributed by atoms with Crippen molar-refractivity contribution in [2.24, 2.45) is 11.7 Å². The van der Waals surface area contributed by atoms with Crippen LogP contribution in [0.25, 0.3) is 10.9 Å². The Labute approximate surface area is 154 Å². The smallest absolute Gasteiger partial charge is 0.315 e. The number of hydrogen-bond donors (Lipinski definition) is 1.